The molecule has 0 atom stereocenters. The van der Waals surface area contributed by atoms with E-state index in [1.54, 1.807) is 0 Å². The Labute approximate surface area is 138 Å². The number of nitrogens with zero attached hydrogens (tertiary/aromatic N) is 3. The van der Waals surface area contributed by atoms with Gasteiger partial charge in [0, 0.05) is 0 Å². The van der Waals surface area contributed by atoms with Crippen LogP contribution in [-0.2, 0) is 16.2 Å². The first kappa shape index (κ1) is 23.5. The summed E-state index contributed by atoms with van der Waals surface area (Å²) < 4.78 is 14.5. The summed E-state index contributed by atoms with van der Waals surface area (Å²) in [6.07, 6.45) is 0. The molecule has 0 fully saturated rings. The van der Waals surface area contributed by atoms with Gasteiger partial charge in [-0.05, 0) is 19.6 Å². The fourth-order valence-corrected chi connectivity index (χ4v) is 6.03. The Balaban J connectivity index is 0. The van der Waals surface area contributed by atoms with Gasteiger partial charge < -0.3 is 4.80 Å². The first-order chi connectivity index (χ1) is 8.79. The quantitative estimate of drug-likeness (QED) is 0.457. The smallest absolute Gasteiger partial charge is 0.179 e. The second-order valence-electron chi connectivity index (χ2n) is 9.16. The molecule has 0 aliphatic carbocycles. The van der Waals surface area contributed by atoms with Crippen molar-refractivity contribution in [3.8, 4) is 0 Å². The predicted molar refractivity (Wildman–Crippen MR) is 92.1 cm³/mol. The molecule has 0 amide bonds. The molecule has 0 saturated carbocycles. The van der Waals surface area contributed by atoms with Crippen LogP contribution in [0.3, 0.4) is 0 Å². The molecule has 0 aromatic heterocycles. The maximum Gasteiger partial charge on any atom is 0.179 e. The van der Waals surface area contributed by atoms with Gasteiger partial charge in [-0.1, -0.05) is 0 Å². The van der Waals surface area contributed by atoms with Crippen molar-refractivity contribution < 1.29 is 21.0 Å². The second kappa shape index (κ2) is 8.19. The van der Waals surface area contributed by atoms with Crippen LogP contribution in [0.1, 0.15) is 62.3 Å². The van der Waals surface area contributed by atoms with Crippen LogP contribution in [0.2, 0.25) is 19.6 Å². The molecule has 4 nitrogen and oxygen atoms in total. The van der Waals surface area contributed by atoms with Crippen molar-refractivity contribution >= 4 is 8.32 Å². The van der Waals surface area contributed by atoms with E-state index in [1.807, 2.05) is 19.6 Å². The zero-order chi connectivity index (χ0) is 17.7. The third kappa shape index (κ3) is 29.0. The van der Waals surface area contributed by atoms with E-state index in [2.05, 4.69) is 62.3 Å². The molecule has 129 valence electrons. The van der Waals surface area contributed by atoms with Gasteiger partial charge in [0.2, 0.25) is 0 Å². The van der Waals surface area contributed by atoms with Crippen molar-refractivity contribution in [2.45, 2.75) is 98.6 Å². The van der Waals surface area contributed by atoms with E-state index in [9.17, 15) is 0 Å². The molecule has 0 rings (SSSR count). The van der Waals surface area contributed by atoms with Crippen molar-refractivity contribution in [1.29, 1.82) is 0 Å². The zero-order valence-corrected chi connectivity index (χ0v) is 19.9. The molecule has 0 saturated heterocycles. The average Bonchev–Trinajstić information content (AvgIpc) is 1.86. The van der Waals surface area contributed by atoms with Crippen LogP contribution in [0, 0.1) is 0 Å². The van der Waals surface area contributed by atoms with Crippen LogP contribution in [0.5, 0.6) is 0 Å². The van der Waals surface area contributed by atoms with Gasteiger partial charge in [-0.25, -0.2) is 0 Å². The van der Waals surface area contributed by atoms with Gasteiger partial charge in [0.1, 0.15) is 0 Å². The van der Waals surface area contributed by atoms with Crippen molar-refractivity contribution in [2.24, 2.45) is 10.7 Å². The Kier molecular flexibility index (Phi) is 9.17. The standard InChI is InChI=1S/3C4H9N.C3H10OSi.Re/c3*1-4(2,3)5;1-5(2,3)4;/h3*1-3H3;4H,1-3H3;. The van der Waals surface area contributed by atoms with Gasteiger partial charge >= 0.3 is 106 Å². The van der Waals surface area contributed by atoms with Crippen LogP contribution in [-0.4, -0.2) is 29.7 Å². The first-order valence-corrected chi connectivity index (χ1v) is 14.5. The van der Waals surface area contributed by atoms with Gasteiger partial charge in [0.25, 0.3) is 0 Å². The van der Waals surface area contributed by atoms with E-state index in [4.69, 9.17) is 15.5 Å². The van der Waals surface area contributed by atoms with E-state index in [0.717, 1.165) is 0 Å². The first-order valence-electron chi connectivity index (χ1n) is 7.40. The molecule has 0 bridgehead atoms. The molecule has 0 aromatic rings. The van der Waals surface area contributed by atoms with Crippen LogP contribution in [0.25, 0.3) is 0 Å². The second-order valence-corrected chi connectivity index (χ2v) is 17.0. The van der Waals surface area contributed by atoms with Gasteiger partial charge in [-0.2, -0.15) is 0 Å². The van der Waals surface area contributed by atoms with Crippen LogP contribution in [0.15, 0.2) is 10.7 Å². The summed E-state index contributed by atoms with van der Waals surface area (Å²) in [6.45, 7) is 24.8. The summed E-state index contributed by atoms with van der Waals surface area (Å²) in [6, 6.07) is 0. The fourth-order valence-electron chi connectivity index (χ4n) is 0.737. The minimum atomic E-state index is -2.22. The summed E-state index contributed by atoms with van der Waals surface area (Å²) in [7, 11) is -1.61. The normalized spacial score (nSPS) is 13.0. The molecule has 0 spiro atoms. The minimum Gasteiger partial charge on any atom is -0.433 e. The number of hydrogen-bond donors (Lipinski definition) is 1. The summed E-state index contributed by atoms with van der Waals surface area (Å²) in [4.78, 5) is 8.66. The average molecular weight is 490 g/mol. The van der Waals surface area contributed by atoms with Gasteiger partial charge in [0.05, 0.1) is 0 Å². The van der Waals surface area contributed by atoms with Gasteiger partial charge in [-0.3, -0.25) is 0 Å². The molecule has 1 N–H and O–H groups in total. The fraction of sp³-hybridized carbons (Fsp3) is 1.00. The summed E-state index contributed by atoms with van der Waals surface area (Å²) in [5.74, 6) is 0. The van der Waals surface area contributed by atoms with E-state index in [-0.39, 0.29) is 16.6 Å². The Morgan fingerprint density at radius 2 is 0.762 bits per heavy atom. The number of rotatable bonds is 0. The SMILES string of the molecule is CC(C)(C)[N]=[Re](=[N]C(C)(C)C)=[N]C(C)(C)C.C[Si](C)(C)O. The molecular formula is C15H37N3OReSi. The zero-order valence-electron chi connectivity index (χ0n) is 16.2. The van der Waals surface area contributed by atoms with E-state index in [1.165, 1.54) is 0 Å². The molecule has 0 aliphatic rings. The molecule has 0 unspecified atom stereocenters. The molecule has 6 heteroatoms. The van der Waals surface area contributed by atoms with E-state index in [0.29, 0.717) is 0 Å². The summed E-state index contributed by atoms with van der Waals surface area (Å²) in [5.41, 5.74) is -0.0621. The van der Waals surface area contributed by atoms with Crippen LogP contribution >= 0.6 is 0 Å². The van der Waals surface area contributed by atoms with Crippen molar-refractivity contribution in [3.63, 3.8) is 0 Å². The maximum absolute atomic E-state index is 8.66. The third-order valence-electron chi connectivity index (χ3n) is 0.987. The topological polar surface area (TPSA) is 57.3 Å². The van der Waals surface area contributed by atoms with Crippen molar-refractivity contribution in [3.05, 3.63) is 0 Å². The predicted octanol–water partition coefficient (Wildman–Crippen LogP) is 5.36. The molecule has 0 aliphatic heterocycles. The molecule has 0 heterocycles. The van der Waals surface area contributed by atoms with E-state index < -0.39 is 24.5 Å². The minimum absolute atomic E-state index is 0.0207. The summed E-state index contributed by atoms with van der Waals surface area (Å²) >= 11 is -2.22. The molecule has 0 aromatic carbocycles. The van der Waals surface area contributed by atoms with Gasteiger partial charge in [-0.15, -0.1) is 0 Å². The Bertz CT molecular complexity index is 387. The molecule has 21 heavy (non-hydrogen) atoms. The number of hydrogen-bond acceptors (Lipinski definition) is 4. The Hall–Kier alpha value is 0.239. The Morgan fingerprint density at radius 3 is 0.857 bits per heavy atom. The Morgan fingerprint density at radius 1 is 0.619 bits per heavy atom. The molecule has 0 radical (unpaired) electrons. The van der Waals surface area contributed by atoms with Crippen molar-refractivity contribution in [2.75, 3.05) is 0 Å². The van der Waals surface area contributed by atoms with E-state index >= 15 is 0 Å². The van der Waals surface area contributed by atoms with Gasteiger partial charge in [0.15, 0.2) is 8.32 Å². The monoisotopic (exact) mass is 490 g/mol. The maximum atomic E-state index is 8.66. The molecular weight excluding hydrogens is 452 g/mol. The van der Waals surface area contributed by atoms with Crippen LogP contribution < -0.4 is 0 Å². The largest absolute Gasteiger partial charge is 0.433 e. The van der Waals surface area contributed by atoms with Crippen molar-refractivity contribution in [1.82, 2.24) is 0 Å². The van der Waals surface area contributed by atoms with Crippen LogP contribution in [0.4, 0.5) is 0 Å². The third-order valence-corrected chi connectivity index (χ3v) is 8.08. The summed E-state index contributed by atoms with van der Waals surface area (Å²) in [5, 5.41) is 0.